The van der Waals surface area contributed by atoms with Crippen LogP contribution in [0.3, 0.4) is 0 Å². The summed E-state index contributed by atoms with van der Waals surface area (Å²) in [5.74, 6) is -0.0411. The monoisotopic (exact) mass is 301 g/mol. The first-order chi connectivity index (χ1) is 9.93. The van der Waals surface area contributed by atoms with E-state index in [-0.39, 0.29) is 5.91 Å². The van der Waals surface area contributed by atoms with E-state index in [1.807, 2.05) is 43.5 Å². The summed E-state index contributed by atoms with van der Waals surface area (Å²) in [6.07, 6.45) is 3.29. The summed E-state index contributed by atoms with van der Waals surface area (Å²) in [4.78, 5) is 16.4. The number of rotatable bonds is 2. The molecule has 3 aromatic rings. The molecule has 1 amide bonds. The van der Waals surface area contributed by atoms with Crippen molar-refractivity contribution in [2.24, 2.45) is 5.41 Å². The molecule has 0 aliphatic heterocycles. The Labute approximate surface area is 125 Å². The predicted molar refractivity (Wildman–Crippen MR) is 82.6 cm³/mol. The number of benzene rings is 1. The van der Waals surface area contributed by atoms with Gasteiger partial charge in [-0.05, 0) is 18.2 Å². The Bertz CT molecular complexity index is 785. The lowest BCUT2D eigenvalue weighted by Gasteiger charge is -2.15. The number of amides is 1. The molecule has 1 N–H and O–H groups in total. The summed E-state index contributed by atoms with van der Waals surface area (Å²) >= 11 is 1.46. The van der Waals surface area contributed by atoms with Gasteiger partial charge in [0.05, 0.1) is 10.2 Å². The summed E-state index contributed by atoms with van der Waals surface area (Å²) in [6.45, 7) is 5.62. The molecule has 21 heavy (non-hydrogen) atoms. The summed E-state index contributed by atoms with van der Waals surface area (Å²) in [5, 5.41) is 11.1. The highest BCUT2D eigenvalue weighted by atomic mass is 32.1. The van der Waals surface area contributed by atoms with Crippen LogP contribution < -0.4 is 5.32 Å². The summed E-state index contributed by atoms with van der Waals surface area (Å²) in [7, 11) is 0. The standard InChI is InChI=1S/C14H15N5OS/c1-14(2,3)12(20)18-13-17-10-5-4-9(6-11(10)21-13)19-7-15-16-8-19/h4-8H,1-3H3,(H,17,18,20). The molecule has 0 spiro atoms. The van der Waals surface area contributed by atoms with Crippen molar-refractivity contribution in [2.45, 2.75) is 20.8 Å². The predicted octanol–water partition coefficient (Wildman–Crippen LogP) is 2.86. The van der Waals surface area contributed by atoms with E-state index in [9.17, 15) is 4.79 Å². The van der Waals surface area contributed by atoms with E-state index in [0.29, 0.717) is 5.13 Å². The fourth-order valence-corrected chi connectivity index (χ4v) is 2.64. The largest absolute Gasteiger partial charge is 0.301 e. The first-order valence-corrected chi connectivity index (χ1v) is 7.32. The van der Waals surface area contributed by atoms with Crippen molar-refractivity contribution >= 4 is 32.6 Å². The van der Waals surface area contributed by atoms with Gasteiger partial charge in [0.1, 0.15) is 12.7 Å². The molecule has 0 saturated carbocycles. The zero-order valence-corrected chi connectivity index (χ0v) is 12.8. The molecule has 2 heterocycles. The molecule has 0 bridgehead atoms. The van der Waals surface area contributed by atoms with Crippen molar-refractivity contribution < 1.29 is 4.79 Å². The maximum atomic E-state index is 12.0. The van der Waals surface area contributed by atoms with Crippen LogP contribution in [-0.4, -0.2) is 25.7 Å². The molecule has 2 aromatic heterocycles. The Kier molecular flexibility index (Phi) is 3.21. The fourth-order valence-electron chi connectivity index (χ4n) is 1.75. The minimum absolute atomic E-state index is 0.0411. The lowest BCUT2D eigenvalue weighted by molar-refractivity contribution is -0.123. The highest BCUT2D eigenvalue weighted by molar-refractivity contribution is 7.22. The van der Waals surface area contributed by atoms with E-state index in [4.69, 9.17) is 0 Å². The van der Waals surface area contributed by atoms with Crippen molar-refractivity contribution in [3.8, 4) is 5.69 Å². The van der Waals surface area contributed by atoms with Gasteiger partial charge in [0.2, 0.25) is 5.91 Å². The number of thiazole rings is 1. The van der Waals surface area contributed by atoms with Gasteiger partial charge >= 0.3 is 0 Å². The van der Waals surface area contributed by atoms with E-state index >= 15 is 0 Å². The minimum atomic E-state index is -0.439. The van der Waals surface area contributed by atoms with Crippen LogP contribution in [0.2, 0.25) is 0 Å². The third kappa shape index (κ3) is 2.78. The van der Waals surface area contributed by atoms with E-state index in [1.165, 1.54) is 11.3 Å². The first-order valence-electron chi connectivity index (χ1n) is 6.50. The number of carbonyl (C=O) groups excluding carboxylic acids is 1. The van der Waals surface area contributed by atoms with Gasteiger partial charge in [0.25, 0.3) is 0 Å². The average molecular weight is 301 g/mol. The van der Waals surface area contributed by atoms with Gasteiger partial charge < -0.3 is 5.32 Å². The van der Waals surface area contributed by atoms with Crippen molar-refractivity contribution in [1.82, 2.24) is 19.7 Å². The fraction of sp³-hybridized carbons (Fsp3) is 0.286. The Balaban J connectivity index is 1.92. The smallest absolute Gasteiger partial charge is 0.231 e. The van der Waals surface area contributed by atoms with Crippen LogP contribution in [0.15, 0.2) is 30.9 Å². The molecule has 1 aromatic carbocycles. The SMILES string of the molecule is CC(C)(C)C(=O)Nc1nc2ccc(-n3cnnc3)cc2s1. The van der Waals surface area contributed by atoms with Crippen molar-refractivity contribution in [3.63, 3.8) is 0 Å². The van der Waals surface area contributed by atoms with Crippen LogP contribution >= 0.6 is 11.3 Å². The summed E-state index contributed by atoms with van der Waals surface area (Å²) in [5.41, 5.74) is 1.39. The highest BCUT2D eigenvalue weighted by Gasteiger charge is 2.22. The first kappa shape index (κ1) is 13.7. The molecular weight excluding hydrogens is 286 g/mol. The second-order valence-corrected chi connectivity index (χ2v) is 6.77. The van der Waals surface area contributed by atoms with Gasteiger partial charge in [-0.3, -0.25) is 9.36 Å². The Morgan fingerprint density at radius 3 is 2.62 bits per heavy atom. The number of fused-ring (bicyclic) bond motifs is 1. The molecule has 0 aliphatic rings. The minimum Gasteiger partial charge on any atom is -0.301 e. The number of nitrogens with zero attached hydrogens (tertiary/aromatic N) is 4. The van der Waals surface area contributed by atoms with E-state index in [2.05, 4.69) is 20.5 Å². The molecular formula is C14H15N5OS. The number of nitrogens with one attached hydrogen (secondary N) is 1. The molecule has 0 saturated heterocycles. The van der Waals surface area contributed by atoms with Gasteiger partial charge in [-0.1, -0.05) is 32.1 Å². The Morgan fingerprint density at radius 1 is 1.24 bits per heavy atom. The Morgan fingerprint density at radius 2 is 1.95 bits per heavy atom. The molecule has 0 radical (unpaired) electrons. The van der Waals surface area contributed by atoms with Crippen LogP contribution in [0.5, 0.6) is 0 Å². The number of hydrogen-bond acceptors (Lipinski definition) is 5. The van der Waals surface area contributed by atoms with Gasteiger partial charge in [-0.15, -0.1) is 10.2 Å². The molecule has 0 atom stereocenters. The quantitative estimate of drug-likeness (QED) is 0.790. The number of hydrogen-bond donors (Lipinski definition) is 1. The third-order valence-electron chi connectivity index (χ3n) is 2.99. The second kappa shape index (κ2) is 4.92. The van der Waals surface area contributed by atoms with Crippen LogP contribution in [0.25, 0.3) is 15.9 Å². The number of anilines is 1. The van der Waals surface area contributed by atoms with Crippen LogP contribution in [0.4, 0.5) is 5.13 Å². The normalized spacial score (nSPS) is 11.8. The summed E-state index contributed by atoms with van der Waals surface area (Å²) < 4.78 is 2.83. The molecule has 108 valence electrons. The average Bonchev–Trinajstić information content (AvgIpc) is 3.05. The maximum absolute atomic E-state index is 12.0. The van der Waals surface area contributed by atoms with Gasteiger partial charge in [-0.2, -0.15) is 0 Å². The van der Waals surface area contributed by atoms with E-state index < -0.39 is 5.41 Å². The lowest BCUT2D eigenvalue weighted by atomic mass is 9.96. The molecule has 6 nitrogen and oxygen atoms in total. The molecule has 0 fully saturated rings. The third-order valence-corrected chi connectivity index (χ3v) is 3.92. The Hall–Kier alpha value is -2.28. The molecule has 0 aliphatic carbocycles. The van der Waals surface area contributed by atoms with Crippen LogP contribution in [0.1, 0.15) is 20.8 Å². The zero-order valence-electron chi connectivity index (χ0n) is 12.0. The van der Waals surface area contributed by atoms with Gasteiger partial charge in [-0.25, -0.2) is 4.98 Å². The van der Waals surface area contributed by atoms with Crippen molar-refractivity contribution in [2.75, 3.05) is 5.32 Å². The summed E-state index contributed by atoms with van der Waals surface area (Å²) in [6, 6.07) is 5.87. The molecule has 3 rings (SSSR count). The second-order valence-electron chi connectivity index (χ2n) is 5.74. The van der Waals surface area contributed by atoms with Crippen LogP contribution in [0, 0.1) is 5.41 Å². The van der Waals surface area contributed by atoms with Crippen LogP contribution in [-0.2, 0) is 4.79 Å². The highest BCUT2D eigenvalue weighted by Crippen LogP contribution is 2.29. The molecule has 0 unspecified atom stereocenters. The van der Waals surface area contributed by atoms with Crippen molar-refractivity contribution in [1.29, 1.82) is 0 Å². The van der Waals surface area contributed by atoms with Crippen molar-refractivity contribution in [3.05, 3.63) is 30.9 Å². The molecule has 7 heteroatoms. The zero-order chi connectivity index (χ0) is 15.0. The van der Waals surface area contributed by atoms with E-state index in [0.717, 1.165) is 15.9 Å². The van der Waals surface area contributed by atoms with E-state index in [1.54, 1.807) is 12.7 Å². The van der Waals surface area contributed by atoms with Gasteiger partial charge in [0, 0.05) is 11.1 Å². The lowest BCUT2D eigenvalue weighted by Crippen LogP contribution is -2.27. The number of carbonyl (C=O) groups is 1. The topological polar surface area (TPSA) is 72.7 Å². The number of aromatic nitrogens is 4. The maximum Gasteiger partial charge on any atom is 0.231 e. The van der Waals surface area contributed by atoms with Gasteiger partial charge in [0.15, 0.2) is 5.13 Å².